The van der Waals surface area contributed by atoms with Crippen LogP contribution in [-0.2, 0) is 22.5 Å². The minimum atomic E-state index is -0.282. The van der Waals surface area contributed by atoms with Gasteiger partial charge in [0, 0.05) is 42.0 Å². The molecule has 2 aliphatic heterocycles. The normalized spacial score (nSPS) is 20.3. The molecular formula is C25H28ClN5O3S. The van der Waals surface area contributed by atoms with Crippen LogP contribution in [0.4, 0.5) is 4.79 Å². The third-order valence-electron chi connectivity index (χ3n) is 6.44. The molecule has 35 heavy (non-hydrogen) atoms. The predicted octanol–water partition coefficient (Wildman–Crippen LogP) is 4.02. The quantitative estimate of drug-likeness (QED) is 0.518. The average molecular weight is 514 g/mol. The number of amides is 3. The van der Waals surface area contributed by atoms with Gasteiger partial charge in [0.25, 0.3) is 5.91 Å². The summed E-state index contributed by atoms with van der Waals surface area (Å²) in [5, 5.41) is 4.12. The standard InChI is InChI=1S/C25H28ClN5O3S/c1-14-5-15(26)6-19(18(14)7-16-9-27-12-25(2,3)34-16)22-23-20(28-13-29-22)8-17(35-23)10-31-21(32)11-30(4)24(31)33/h5-6,8,13,16,27H,7,9-12H2,1-4H3. The lowest BCUT2D eigenvalue weighted by atomic mass is 9.93. The zero-order chi connectivity index (χ0) is 24.9. The highest BCUT2D eigenvalue weighted by Crippen LogP contribution is 2.38. The van der Waals surface area contributed by atoms with Crippen molar-refractivity contribution >= 4 is 45.1 Å². The molecule has 2 aliphatic rings. The van der Waals surface area contributed by atoms with Crippen molar-refractivity contribution in [2.75, 3.05) is 26.7 Å². The predicted molar refractivity (Wildman–Crippen MR) is 137 cm³/mol. The Kier molecular flexibility index (Phi) is 6.29. The Hall–Kier alpha value is -2.59. The van der Waals surface area contributed by atoms with E-state index in [2.05, 4.69) is 36.1 Å². The first-order valence-electron chi connectivity index (χ1n) is 11.6. The van der Waals surface area contributed by atoms with Crippen LogP contribution in [0, 0.1) is 6.92 Å². The number of benzene rings is 1. The zero-order valence-corrected chi connectivity index (χ0v) is 21.8. The molecule has 3 amide bonds. The number of halogens is 1. The molecule has 184 valence electrons. The maximum absolute atomic E-state index is 12.4. The molecule has 10 heteroatoms. The first-order chi connectivity index (χ1) is 16.6. The average Bonchev–Trinajstić information content (AvgIpc) is 3.30. The number of nitrogens with one attached hydrogen (secondary N) is 1. The molecule has 0 aliphatic carbocycles. The number of hydrogen-bond acceptors (Lipinski definition) is 7. The van der Waals surface area contributed by atoms with Crippen LogP contribution in [0.1, 0.15) is 29.9 Å². The highest BCUT2D eigenvalue weighted by atomic mass is 35.5. The summed E-state index contributed by atoms with van der Waals surface area (Å²) in [5.41, 5.74) is 4.52. The largest absolute Gasteiger partial charge is 0.369 e. The number of carbonyl (C=O) groups is 2. The second kappa shape index (κ2) is 9.13. The first kappa shape index (κ1) is 24.1. The highest BCUT2D eigenvalue weighted by molar-refractivity contribution is 7.19. The van der Waals surface area contributed by atoms with Crippen LogP contribution in [0.2, 0.25) is 5.02 Å². The van der Waals surface area contributed by atoms with Crippen molar-refractivity contribution < 1.29 is 14.3 Å². The Balaban J connectivity index is 1.53. The molecule has 1 N–H and O–H groups in total. The summed E-state index contributed by atoms with van der Waals surface area (Å²) >= 11 is 8.01. The third kappa shape index (κ3) is 4.78. The summed E-state index contributed by atoms with van der Waals surface area (Å²) in [5.74, 6) is -0.196. The molecule has 0 saturated carbocycles. The number of urea groups is 1. The van der Waals surface area contributed by atoms with Gasteiger partial charge >= 0.3 is 6.03 Å². The number of carbonyl (C=O) groups excluding carboxylic acids is 2. The number of likely N-dealkylation sites (N-methyl/N-ethyl adjacent to an activating group) is 1. The van der Waals surface area contributed by atoms with Gasteiger partial charge in [-0.05, 0) is 50.1 Å². The monoisotopic (exact) mass is 513 g/mol. The van der Waals surface area contributed by atoms with E-state index in [4.69, 9.17) is 16.3 Å². The fourth-order valence-electron chi connectivity index (χ4n) is 4.82. The molecule has 2 fully saturated rings. The van der Waals surface area contributed by atoms with E-state index in [0.717, 1.165) is 57.0 Å². The van der Waals surface area contributed by atoms with Gasteiger partial charge in [-0.2, -0.15) is 0 Å². The molecule has 1 atom stereocenters. The number of ether oxygens (including phenoxy) is 1. The smallest absolute Gasteiger partial charge is 0.327 e. The van der Waals surface area contributed by atoms with Crippen LogP contribution in [0.5, 0.6) is 0 Å². The molecule has 2 aromatic heterocycles. The van der Waals surface area contributed by atoms with Crippen LogP contribution >= 0.6 is 22.9 Å². The third-order valence-corrected chi connectivity index (χ3v) is 7.77. The van der Waals surface area contributed by atoms with Crippen LogP contribution in [0.3, 0.4) is 0 Å². The lowest BCUT2D eigenvalue weighted by Crippen LogP contribution is -2.51. The van der Waals surface area contributed by atoms with E-state index in [1.165, 1.54) is 21.1 Å². The fraction of sp³-hybridized carbons (Fsp3) is 0.440. The van der Waals surface area contributed by atoms with Gasteiger partial charge in [0.1, 0.15) is 12.9 Å². The highest BCUT2D eigenvalue weighted by Gasteiger charge is 2.34. The number of aromatic nitrogens is 2. The minimum Gasteiger partial charge on any atom is -0.369 e. The molecule has 1 aromatic carbocycles. The molecular weight excluding hydrogens is 486 g/mol. The minimum absolute atomic E-state index is 0.0257. The Morgan fingerprint density at radius 2 is 2.06 bits per heavy atom. The lowest BCUT2D eigenvalue weighted by molar-refractivity contribution is -0.125. The van der Waals surface area contributed by atoms with Gasteiger partial charge in [0.2, 0.25) is 0 Å². The van der Waals surface area contributed by atoms with E-state index in [9.17, 15) is 9.59 Å². The number of aryl methyl sites for hydroxylation is 1. The fourth-order valence-corrected chi connectivity index (χ4v) is 6.19. The van der Waals surface area contributed by atoms with Crippen molar-refractivity contribution in [3.63, 3.8) is 0 Å². The molecule has 5 rings (SSSR count). The van der Waals surface area contributed by atoms with Crippen molar-refractivity contribution in [2.24, 2.45) is 0 Å². The molecule has 1 unspecified atom stereocenters. The van der Waals surface area contributed by atoms with Gasteiger partial charge in [-0.25, -0.2) is 14.8 Å². The van der Waals surface area contributed by atoms with E-state index in [0.29, 0.717) is 5.02 Å². The SMILES string of the molecule is Cc1cc(Cl)cc(-c2ncnc3cc(CN4C(=O)CN(C)C4=O)sc23)c1CC1CNCC(C)(C)O1. The van der Waals surface area contributed by atoms with Gasteiger partial charge in [-0.1, -0.05) is 11.6 Å². The summed E-state index contributed by atoms with van der Waals surface area (Å²) in [6.45, 7) is 8.17. The molecule has 2 saturated heterocycles. The molecule has 4 heterocycles. The number of nitrogens with zero attached hydrogens (tertiary/aromatic N) is 4. The Morgan fingerprint density at radius 1 is 1.26 bits per heavy atom. The van der Waals surface area contributed by atoms with Crippen molar-refractivity contribution in [1.82, 2.24) is 25.1 Å². The van der Waals surface area contributed by atoms with E-state index >= 15 is 0 Å². The van der Waals surface area contributed by atoms with E-state index < -0.39 is 0 Å². The van der Waals surface area contributed by atoms with Crippen LogP contribution in [-0.4, -0.2) is 70.1 Å². The zero-order valence-electron chi connectivity index (χ0n) is 20.2. The van der Waals surface area contributed by atoms with Crippen LogP contribution < -0.4 is 5.32 Å². The molecule has 3 aromatic rings. The van der Waals surface area contributed by atoms with Crippen molar-refractivity contribution in [1.29, 1.82) is 0 Å². The number of hydrogen-bond donors (Lipinski definition) is 1. The number of rotatable bonds is 5. The molecule has 0 radical (unpaired) electrons. The number of morpholine rings is 1. The van der Waals surface area contributed by atoms with Gasteiger partial charge in [-0.15, -0.1) is 11.3 Å². The Labute approximate surface area is 213 Å². The first-order valence-corrected chi connectivity index (χ1v) is 12.8. The van der Waals surface area contributed by atoms with Gasteiger partial charge in [0.05, 0.1) is 34.2 Å². The Morgan fingerprint density at radius 3 is 2.77 bits per heavy atom. The van der Waals surface area contributed by atoms with Gasteiger partial charge < -0.3 is 15.0 Å². The summed E-state index contributed by atoms with van der Waals surface area (Å²) in [7, 11) is 1.63. The van der Waals surface area contributed by atoms with E-state index in [-0.39, 0.29) is 36.7 Å². The van der Waals surface area contributed by atoms with E-state index in [1.807, 2.05) is 18.2 Å². The summed E-state index contributed by atoms with van der Waals surface area (Å²) in [6, 6.07) is 5.57. The van der Waals surface area contributed by atoms with Gasteiger partial charge in [-0.3, -0.25) is 9.69 Å². The molecule has 8 nitrogen and oxygen atoms in total. The second-order valence-corrected chi connectivity index (χ2v) is 11.4. The van der Waals surface area contributed by atoms with Crippen molar-refractivity contribution in [3.05, 3.63) is 45.6 Å². The second-order valence-electron chi connectivity index (χ2n) is 9.85. The molecule has 0 bridgehead atoms. The van der Waals surface area contributed by atoms with Crippen molar-refractivity contribution in [3.8, 4) is 11.3 Å². The summed E-state index contributed by atoms with van der Waals surface area (Å²) < 4.78 is 7.25. The number of thiophene rings is 1. The van der Waals surface area contributed by atoms with Crippen LogP contribution in [0.15, 0.2) is 24.5 Å². The lowest BCUT2D eigenvalue weighted by Gasteiger charge is -2.37. The topological polar surface area (TPSA) is 87.7 Å². The maximum atomic E-state index is 12.4. The summed E-state index contributed by atoms with van der Waals surface area (Å²) in [4.78, 5) is 37.3. The Bertz CT molecular complexity index is 1320. The molecule has 0 spiro atoms. The summed E-state index contributed by atoms with van der Waals surface area (Å²) in [6.07, 6.45) is 2.30. The van der Waals surface area contributed by atoms with Crippen LogP contribution in [0.25, 0.3) is 21.5 Å². The maximum Gasteiger partial charge on any atom is 0.327 e. The van der Waals surface area contributed by atoms with E-state index in [1.54, 1.807) is 13.4 Å². The van der Waals surface area contributed by atoms with Crippen molar-refractivity contribution in [2.45, 2.75) is 45.4 Å². The number of fused-ring (bicyclic) bond motifs is 1. The van der Waals surface area contributed by atoms with Gasteiger partial charge in [0.15, 0.2) is 0 Å². The number of imide groups is 1.